The van der Waals surface area contributed by atoms with E-state index in [9.17, 15) is 14.9 Å². The maximum atomic E-state index is 12.3. The van der Waals surface area contributed by atoms with Crippen molar-refractivity contribution < 1.29 is 19.1 Å². The van der Waals surface area contributed by atoms with Crippen molar-refractivity contribution in [3.63, 3.8) is 0 Å². The molecule has 6 nitrogen and oxygen atoms in total. The molecule has 1 saturated heterocycles. The average molecular weight is 290 g/mol. The molecule has 112 valence electrons. The number of nitriles is 1. The highest BCUT2D eigenvalue weighted by Crippen LogP contribution is 2.23. The van der Waals surface area contributed by atoms with E-state index in [-0.39, 0.29) is 23.8 Å². The lowest BCUT2D eigenvalue weighted by Gasteiger charge is -2.21. The van der Waals surface area contributed by atoms with Crippen molar-refractivity contribution >= 4 is 11.9 Å². The fraction of sp³-hybridized carbons (Fsp3) is 0.533. The lowest BCUT2D eigenvalue weighted by molar-refractivity contribution is -0.131. The summed E-state index contributed by atoms with van der Waals surface area (Å²) in [5.41, 5.74) is 0. The van der Waals surface area contributed by atoms with Gasteiger partial charge >= 0.3 is 5.97 Å². The summed E-state index contributed by atoms with van der Waals surface area (Å²) in [6, 6.07) is 4.78. The van der Waals surface area contributed by atoms with Crippen LogP contribution in [0.25, 0.3) is 0 Å². The Bertz CT molecular complexity index is 550. The topological polar surface area (TPSA) is 94.5 Å². The molecule has 1 unspecified atom stereocenters. The molecule has 1 aliphatic rings. The number of amides is 1. The highest BCUT2D eigenvalue weighted by atomic mass is 16.4. The number of likely N-dealkylation sites (tertiary alicyclic amines) is 1. The molecule has 0 bridgehead atoms. The summed E-state index contributed by atoms with van der Waals surface area (Å²) < 4.78 is 5.12. The van der Waals surface area contributed by atoms with Gasteiger partial charge in [-0.3, -0.25) is 4.79 Å². The molecule has 1 amide bonds. The summed E-state index contributed by atoms with van der Waals surface area (Å²) in [7, 11) is 0. The van der Waals surface area contributed by atoms with Crippen molar-refractivity contribution in [1.82, 2.24) is 4.90 Å². The normalized spacial score (nSPS) is 16.8. The predicted octanol–water partition coefficient (Wildman–Crippen LogP) is 2.38. The minimum atomic E-state index is -1.18. The zero-order chi connectivity index (χ0) is 15.2. The highest BCUT2D eigenvalue weighted by molar-refractivity contribution is 5.84. The Hall–Kier alpha value is -2.29. The van der Waals surface area contributed by atoms with Crippen LogP contribution in [-0.4, -0.2) is 35.0 Å². The summed E-state index contributed by atoms with van der Waals surface area (Å²) in [5.74, 6) is -1.98. The predicted molar refractivity (Wildman–Crippen MR) is 73.7 cm³/mol. The van der Waals surface area contributed by atoms with Crippen LogP contribution in [0.2, 0.25) is 0 Å². The number of carboxylic acids is 1. The molecule has 6 heteroatoms. The third-order valence-electron chi connectivity index (χ3n) is 3.67. The van der Waals surface area contributed by atoms with Gasteiger partial charge in [-0.1, -0.05) is 12.8 Å². The van der Waals surface area contributed by atoms with Crippen LogP contribution in [0.3, 0.4) is 0 Å². The molecular weight excluding hydrogens is 272 g/mol. The molecule has 0 radical (unpaired) electrons. The quantitative estimate of drug-likeness (QED) is 0.918. The van der Waals surface area contributed by atoms with E-state index in [0.29, 0.717) is 0 Å². The van der Waals surface area contributed by atoms with Crippen LogP contribution in [0.4, 0.5) is 0 Å². The van der Waals surface area contributed by atoms with Gasteiger partial charge in [0.15, 0.2) is 0 Å². The van der Waals surface area contributed by atoms with Gasteiger partial charge in [0.1, 0.15) is 11.7 Å². The number of carbonyl (C=O) groups excluding carboxylic acids is 1. The Morgan fingerprint density at radius 2 is 1.95 bits per heavy atom. The summed E-state index contributed by atoms with van der Waals surface area (Å²) >= 11 is 0. The largest absolute Gasteiger partial charge is 0.475 e. The van der Waals surface area contributed by atoms with E-state index in [2.05, 4.69) is 0 Å². The van der Waals surface area contributed by atoms with Crippen LogP contribution in [0.1, 0.15) is 54.3 Å². The van der Waals surface area contributed by atoms with Crippen LogP contribution >= 0.6 is 0 Å². The molecule has 2 heterocycles. The lowest BCUT2D eigenvalue weighted by Crippen LogP contribution is -2.32. The van der Waals surface area contributed by atoms with Gasteiger partial charge in [-0.15, -0.1) is 0 Å². The van der Waals surface area contributed by atoms with E-state index in [1.54, 1.807) is 4.90 Å². The highest BCUT2D eigenvalue weighted by Gasteiger charge is 2.24. The lowest BCUT2D eigenvalue weighted by atomic mass is 10.0. The fourth-order valence-corrected chi connectivity index (χ4v) is 2.49. The Labute approximate surface area is 123 Å². The van der Waals surface area contributed by atoms with Crippen molar-refractivity contribution in [2.24, 2.45) is 0 Å². The van der Waals surface area contributed by atoms with Crippen LogP contribution in [0, 0.1) is 11.3 Å². The first-order chi connectivity index (χ1) is 10.1. The molecule has 2 rings (SSSR count). The third kappa shape index (κ3) is 3.85. The Balaban J connectivity index is 2.02. The van der Waals surface area contributed by atoms with Crippen molar-refractivity contribution in [2.75, 3.05) is 13.1 Å². The zero-order valence-electron chi connectivity index (χ0n) is 11.7. The number of rotatable bonds is 4. The molecule has 1 N–H and O–H groups in total. The van der Waals surface area contributed by atoms with Crippen molar-refractivity contribution in [3.8, 4) is 6.07 Å². The van der Waals surface area contributed by atoms with Crippen LogP contribution in [0.5, 0.6) is 0 Å². The number of furan rings is 1. The number of carboxylic acid groups (broad SMARTS) is 1. The molecule has 0 spiro atoms. The molecular formula is C15H18N2O4. The average Bonchev–Trinajstić information content (AvgIpc) is 2.80. The number of aromatic carboxylic acids is 1. The number of nitrogens with zero attached hydrogens (tertiary/aromatic N) is 2. The van der Waals surface area contributed by atoms with Crippen molar-refractivity contribution in [3.05, 3.63) is 23.7 Å². The molecule has 1 aliphatic heterocycles. The van der Waals surface area contributed by atoms with Gasteiger partial charge in [0.25, 0.3) is 0 Å². The zero-order valence-corrected chi connectivity index (χ0v) is 11.7. The summed E-state index contributed by atoms with van der Waals surface area (Å²) in [5, 5.41) is 18.0. The maximum absolute atomic E-state index is 12.3. The SMILES string of the molecule is N#CC(CC(=O)N1CCCCCC1)c1ccc(C(=O)O)o1. The smallest absolute Gasteiger partial charge is 0.371 e. The molecule has 1 atom stereocenters. The van der Waals surface area contributed by atoms with Gasteiger partial charge in [-0.2, -0.15) is 5.26 Å². The van der Waals surface area contributed by atoms with Gasteiger partial charge in [0.05, 0.1) is 6.07 Å². The van der Waals surface area contributed by atoms with Crippen LogP contribution < -0.4 is 0 Å². The summed E-state index contributed by atoms with van der Waals surface area (Å²) in [6.07, 6.45) is 4.28. The Morgan fingerprint density at radius 3 is 2.48 bits per heavy atom. The molecule has 1 aromatic rings. The summed E-state index contributed by atoms with van der Waals surface area (Å²) in [4.78, 5) is 24.8. The molecule has 21 heavy (non-hydrogen) atoms. The second-order valence-electron chi connectivity index (χ2n) is 5.19. The number of carbonyl (C=O) groups is 2. The fourth-order valence-electron chi connectivity index (χ4n) is 2.49. The first-order valence-electron chi connectivity index (χ1n) is 7.12. The number of hydrogen-bond acceptors (Lipinski definition) is 4. The molecule has 0 saturated carbocycles. The van der Waals surface area contributed by atoms with E-state index in [0.717, 1.165) is 38.8 Å². The van der Waals surface area contributed by atoms with Crippen LogP contribution in [0.15, 0.2) is 16.5 Å². The summed E-state index contributed by atoms with van der Waals surface area (Å²) in [6.45, 7) is 1.46. The first kappa shape index (κ1) is 15.1. The van der Waals surface area contributed by atoms with Crippen LogP contribution in [-0.2, 0) is 4.79 Å². The third-order valence-corrected chi connectivity index (χ3v) is 3.67. The minimum Gasteiger partial charge on any atom is -0.475 e. The van der Waals surface area contributed by atoms with Gasteiger partial charge in [-0.05, 0) is 25.0 Å². The van der Waals surface area contributed by atoms with E-state index in [1.807, 2.05) is 6.07 Å². The first-order valence-corrected chi connectivity index (χ1v) is 7.12. The van der Waals surface area contributed by atoms with E-state index in [1.165, 1.54) is 12.1 Å². The molecule has 0 aromatic carbocycles. The molecule has 0 aliphatic carbocycles. The second-order valence-corrected chi connectivity index (χ2v) is 5.19. The van der Waals surface area contributed by atoms with Crippen molar-refractivity contribution in [2.45, 2.75) is 38.0 Å². The van der Waals surface area contributed by atoms with E-state index >= 15 is 0 Å². The Kier molecular flexibility index (Phi) is 4.99. The Morgan fingerprint density at radius 1 is 1.29 bits per heavy atom. The van der Waals surface area contributed by atoms with Gasteiger partial charge in [0.2, 0.25) is 11.7 Å². The number of hydrogen-bond donors (Lipinski definition) is 1. The molecule has 1 aromatic heterocycles. The standard InChI is InChI=1S/C15H18N2O4/c16-10-11(12-5-6-13(21-12)15(19)20)9-14(18)17-7-3-1-2-4-8-17/h5-6,11H,1-4,7-9H2,(H,19,20). The minimum absolute atomic E-state index is 0.0308. The van der Waals surface area contributed by atoms with Crippen molar-refractivity contribution in [1.29, 1.82) is 5.26 Å². The molecule has 1 fully saturated rings. The maximum Gasteiger partial charge on any atom is 0.371 e. The van der Waals surface area contributed by atoms with E-state index < -0.39 is 11.9 Å². The van der Waals surface area contributed by atoms with Gasteiger partial charge in [0, 0.05) is 19.5 Å². The van der Waals surface area contributed by atoms with E-state index in [4.69, 9.17) is 9.52 Å². The van der Waals surface area contributed by atoms with Gasteiger partial charge in [-0.25, -0.2) is 4.79 Å². The second kappa shape index (κ2) is 6.93. The van der Waals surface area contributed by atoms with Gasteiger partial charge < -0.3 is 14.4 Å². The monoisotopic (exact) mass is 290 g/mol.